The number of hydrogen-bond donors (Lipinski definition) is 2. The first kappa shape index (κ1) is 18.8. The highest BCUT2D eigenvalue weighted by atomic mass is 32.1. The Morgan fingerprint density at radius 2 is 1.93 bits per heavy atom. The summed E-state index contributed by atoms with van der Waals surface area (Å²) in [6, 6.07) is 15.1. The molecule has 8 heteroatoms. The average molecular weight is 405 g/mol. The van der Waals surface area contributed by atoms with Crippen molar-refractivity contribution in [3.63, 3.8) is 0 Å². The minimum Gasteiger partial charge on any atom is -0.423 e. The van der Waals surface area contributed by atoms with Crippen LogP contribution in [0.4, 0.5) is 11.6 Å². The van der Waals surface area contributed by atoms with Crippen LogP contribution in [0.1, 0.15) is 16.7 Å². The Kier molecular flexibility index (Phi) is 5.09. The fourth-order valence-corrected chi connectivity index (χ4v) is 3.27. The minimum atomic E-state index is -0.378. The average Bonchev–Trinajstić information content (AvgIpc) is 3.10. The van der Waals surface area contributed by atoms with Gasteiger partial charge in [0.15, 0.2) is 5.11 Å². The zero-order chi connectivity index (χ0) is 20.4. The van der Waals surface area contributed by atoms with Crippen LogP contribution in [0.3, 0.4) is 0 Å². The molecule has 4 rings (SSSR count). The molecule has 0 fully saturated rings. The predicted molar refractivity (Wildman–Crippen MR) is 117 cm³/mol. The molecule has 0 spiro atoms. The molecule has 0 aliphatic rings. The number of benzene rings is 2. The molecule has 2 N–H and O–H groups in total. The third-order valence-corrected chi connectivity index (χ3v) is 4.77. The molecule has 2 aromatic carbocycles. The number of aromatic nitrogens is 3. The number of aryl methyl sites for hydroxylation is 2. The van der Waals surface area contributed by atoms with Gasteiger partial charge < -0.3 is 9.73 Å². The topological polar surface area (TPSA) is 85.0 Å². The van der Waals surface area contributed by atoms with Crippen molar-refractivity contribution in [2.24, 2.45) is 0 Å². The number of rotatable bonds is 4. The molecule has 0 bridgehead atoms. The number of anilines is 2. The van der Waals surface area contributed by atoms with Crippen LogP contribution in [0.2, 0.25) is 0 Å². The van der Waals surface area contributed by atoms with Crippen molar-refractivity contribution in [2.75, 3.05) is 10.6 Å². The molecule has 0 aliphatic heterocycles. The molecule has 2 aromatic heterocycles. The maximum absolute atomic E-state index is 11.6. The summed E-state index contributed by atoms with van der Waals surface area (Å²) in [5, 5.41) is 11.7. The quantitative estimate of drug-likeness (QED) is 0.394. The largest absolute Gasteiger partial charge is 0.423 e. The Morgan fingerprint density at radius 1 is 1.10 bits per heavy atom. The lowest BCUT2D eigenvalue weighted by molar-refractivity contribution is 0.560. The Balaban J connectivity index is 1.44. The van der Waals surface area contributed by atoms with Gasteiger partial charge >= 0.3 is 5.63 Å². The monoisotopic (exact) mass is 405 g/mol. The van der Waals surface area contributed by atoms with Gasteiger partial charge in [-0.1, -0.05) is 24.3 Å². The molecule has 146 valence electrons. The van der Waals surface area contributed by atoms with Crippen molar-refractivity contribution < 1.29 is 4.42 Å². The van der Waals surface area contributed by atoms with Crippen LogP contribution in [-0.2, 0) is 6.54 Å². The molecular weight excluding hydrogens is 386 g/mol. The molecule has 0 amide bonds. The second-order valence-electron chi connectivity index (χ2n) is 6.73. The van der Waals surface area contributed by atoms with Crippen LogP contribution in [0.5, 0.6) is 0 Å². The van der Waals surface area contributed by atoms with Crippen molar-refractivity contribution in [1.82, 2.24) is 14.8 Å². The van der Waals surface area contributed by atoms with Gasteiger partial charge in [0.25, 0.3) is 0 Å². The number of hydrogen-bond acceptors (Lipinski definition) is 5. The summed E-state index contributed by atoms with van der Waals surface area (Å²) in [4.78, 5) is 15.8. The maximum Gasteiger partial charge on any atom is 0.336 e. The van der Waals surface area contributed by atoms with Gasteiger partial charge in [-0.05, 0) is 54.9 Å². The third-order valence-electron chi connectivity index (χ3n) is 4.56. The van der Waals surface area contributed by atoms with E-state index in [0.717, 1.165) is 10.9 Å². The standard InChI is InChI=1S/C21H19N5O2S/c1-13-5-3-4-6-15(13)11-26-12-22-20(25-26)24-21(29)23-16-7-8-17-14(2)9-19(27)28-18(17)10-16/h3-10,12H,11H2,1-2H3,(H2,23,24,25,29). The number of thiocarbonyl (C=S) groups is 1. The summed E-state index contributed by atoms with van der Waals surface area (Å²) in [5.74, 6) is 0.402. The Bertz CT molecular complexity index is 1260. The summed E-state index contributed by atoms with van der Waals surface area (Å²) >= 11 is 5.35. The number of nitrogens with zero attached hydrogens (tertiary/aromatic N) is 3. The van der Waals surface area contributed by atoms with E-state index in [2.05, 4.69) is 39.8 Å². The second-order valence-corrected chi connectivity index (χ2v) is 7.14. The van der Waals surface area contributed by atoms with Gasteiger partial charge in [-0.3, -0.25) is 5.32 Å². The second kappa shape index (κ2) is 7.84. The van der Waals surface area contributed by atoms with E-state index >= 15 is 0 Å². The van der Waals surface area contributed by atoms with Gasteiger partial charge in [-0.2, -0.15) is 0 Å². The zero-order valence-electron chi connectivity index (χ0n) is 16.0. The van der Waals surface area contributed by atoms with E-state index in [9.17, 15) is 4.79 Å². The summed E-state index contributed by atoms with van der Waals surface area (Å²) < 4.78 is 7.02. The molecule has 0 aliphatic carbocycles. The first-order valence-corrected chi connectivity index (χ1v) is 9.45. The first-order chi connectivity index (χ1) is 14.0. The van der Waals surface area contributed by atoms with Crippen molar-refractivity contribution >= 4 is 39.9 Å². The predicted octanol–water partition coefficient (Wildman–Crippen LogP) is 3.86. The smallest absolute Gasteiger partial charge is 0.336 e. The van der Waals surface area contributed by atoms with Gasteiger partial charge in [0, 0.05) is 23.2 Å². The first-order valence-electron chi connectivity index (χ1n) is 9.04. The van der Waals surface area contributed by atoms with Crippen molar-refractivity contribution in [1.29, 1.82) is 0 Å². The molecule has 0 saturated heterocycles. The van der Waals surface area contributed by atoms with Gasteiger partial charge in [-0.25, -0.2) is 14.5 Å². The fourth-order valence-electron chi connectivity index (χ4n) is 3.06. The molecule has 29 heavy (non-hydrogen) atoms. The summed E-state index contributed by atoms with van der Waals surface area (Å²) in [7, 11) is 0. The van der Waals surface area contributed by atoms with Gasteiger partial charge in [-0.15, -0.1) is 5.10 Å². The number of fused-ring (bicyclic) bond motifs is 1. The van der Waals surface area contributed by atoms with Crippen LogP contribution < -0.4 is 16.3 Å². The van der Waals surface area contributed by atoms with Crippen LogP contribution >= 0.6 is 12.2 Å². The lowest BCUT2D eigenvalue weighted by atomic mass is 10.1. The van der Waals surface area contributed by atoms with Gasteiger partial charge in [0.1, 0.15) is 11.9 Å². The number of nitrogens with one attached hydrogen (secondary N) is 2. The molecular formula is C21H19N5O2S. The molecule has 0 saturated carbocycles. The van der Waals surface area contributed by atoms with E-state index in [-0.39, 0.29) is 5.63 Å². The Morgan fingerprint density at radius 3 is 2.76 bits per heavy atom. The van der Waals surface area contributed by atoms with E-state index in [1.165, 1.54) is 17.2 Å². The lowest BCUT2D eigenvalue weighted by Gasteiger charge is -2.09. The molecule has 0 radical (unpaired) electrons. The van der Waals surface area contributed by atoms with Crippen LogP contribution in [0, 0.1) is 13.8 Å². The summed E-state index contributed by atoms with van der Waals surface area (Å²) in [5.41, 5.74) is 4.07. The highest BCUT2D eigenvalue weighted by Crippen LogP contribution is 2.21. The van der Waals surface area contributed by atoms with E-state index in [0.29, 0.717) is 28.9 Å². The highest BCUT2D eigenvalue weighted by molar-refractivity contribution is 7.80. The fraction of sp³-hybridized carbons (Fsp3) is 0.143. The molecule has 0 unspecified atom stereocenters. The molecule has 2 heterocycles. The SMILES string of the molecule is Cc1ccccc1Cn1cnc(NC(=S)Nc2ccc3c(C)cc(=O)oc3c2)n1. The van der Waals surface area contributed by atoms with E-state index in [4.69, 9.17) is 16.6 Å². The van der Waals surface area contributed by atoms with Crippen molar-refractivity contribution in [3.05, 3.63) is 82.0 Å². The highest BCUT2D eigenvalue weighted by Gasteiger charge is 2.07. The molecule has 4 aromatic rings. The molecule has 7 nitrogen and oxygen atoms in total. The maximum atomic E-state index is 11.6. The summed E-state index contributed by atoms with van der Waals surface area (Å²) in [6.45, 7) is 4.57. The lowest BCUT2D eigenvalue weighted by Crippen LogP contribution is -2.20. The summed E-state index contributed by atoms with van der Waals surface area (Å²) in [6.07, 6.45) is 1.66. The molecule has 0 atom stereocenters. The minimum absolute atomic E-state index is 0.341. The van der Waals surface area contributed by atoms with Crippen LogP contribution in [-0.4, -0.2) is 19.9 Å². The van der Waals surface area contributed by atoms with E-state index < -0.39 is 0 Å². The van der Waals surface area contributed by atoms with Gasteiger partial charge in [0.2, 0.25) is 5.95 Å². The Labute approximate surface area is 172 Å². The van der Waals surface area contributed by atoms with Crippen LogP contribution in [0.15, 0.2) is 64.1 Å². The van der Waals surface area contributed by atoms with Crippen LogP contribution in [0.25, 0.3) is 11.0 Å². The normalized spacial score (nSPS) is 10.8. The van der Waals surface area contributed by atoms with E-state index in [1.54, 1.807) is 17.1 Å². The van der Waals surface area contributed by atoms with Crippen molar-refractivity contribution in [2.45, 2.75) is 20.4 Å². The van der Waals surface area contributed by atoms with Gasteiger partial charge in [0.05, 0.1) is 6.54 Å². The van der Waals surface area contributed by atoms with E-state index in [1.807, 2.05) is 31.2 Å². The zero-order valence-corrected chi connectivity index (χ0v) is 16.8. The third kappa shape index (κ3) is 4.33. The van der Waals surface area contributed by atoms with Crippen molar-refractivity contribution in [3.8, 4) is 0 Å². The Hall–Kier alpha value is -3.52.